The second-order valence-corrected chi connectivity index (χ2v) is 5.48. The quantitative estimate of drug-likeness (QED) is 0.764. The monoisotopic (exact) mass is 280 g/mol. The molecule has 3 nitrogen and oxygen atoms in total. The topological polar surface area (TPSA) is 37.2 Å². The molecule has 0 radical (unpaired) electrons. The van der Waals surface area contributed by atoms with Gasteiger partial charge in [-0.1, -0.05) is 30.3 Å². The summed E-state index contributed by atoms with van der Waals surface area (Å²) in [5.41, 5.74) is 3.63. The maximum absolute atomic E-state index is 9.56. The molecule has 2 aromatic carbocycles. The number of nitrogens with zero attached hydrogens (tertiary/aromatic N) is 1. The largest absolute Gasteiger partial charge is 0.508 e. The van der Waals surface area contributed by atoms with E-state index in [1.807, 2.05) is 12.1 Å². The highest BCUT2D eigenvalue weighted by Crippen LogP contribution is 2.22. The molecular weight excluding hydrogens is 260 g/mol. The van der Waals surface area contributed by atoms with Crippen molar-refractivity contribution in [1.82, 2.24) is 9.88 Å². The molecule has 1 atom stereocenters. The summed E-state index contributed by atoms with van der Waals surface area (Å²) >= 11 is 0. The summed E-state index contributed by atoms with van der Waals surface area (Å²) < 4.78 is 2.16. The van der Waals surface area contributed by atoms with Crippen LogP contribution in [0.3, 0.4) is 0 Å². The molecule has 0 aliphatic rings. The van der Waals surface area contributed by atoms with E-state index in [4.69, 9.17) is 0 Å². The van der Waals surface area contributed by atoms with Crippen LogP contribution >= 0.6 is 0 Å². The van der Waals surface area contributed by atoms with Gasteiger partial charge in [-0.05, 0) is 36.2 Å². The van der Waals surface area contributed by atoms with E-state index in [1.165, 1.54) is 16.5 Å². The standard InChI is InChI=1S/C18H20N2O/c1-13(14-6-5-7-16(21)10-14)19-11-15-12-20(2)18-9-4-3-8-17(15)18/h3-10,12-13,19,21H,11H2,1-2H3. The number of aromatic nitrogens is 1. The number of hydrogen-bond donors (Lipinski definition) is 2. The van der Waals surface area contributed by atoms with Crippen molar-refractivity contribution in [3.05, 3.63) is 65.9 Å². The predicted molar refractivity (Wildman–Crippen MR) is 86.3 cm³/mol. The fourth-order valence-corrected chi connectivity index (χ4v) is 2.74. The average Bonchev–Trinajstić information content (AvgIpc) is 2.82. The molecule has 3 heteroatoms. The van der Waals surface area contributed by atoms with Crippen LogP contribution in [0.1, 0.15) is 24.1 Å². The molecular formula is C18H20N2O. The molecule has 0 aliphatic heterocycles. The van der Waals surface area contributed by atoms with Crippen LogP contribution in [-0.4, -0.2) is 9.67 Å². The van der Waals surface area contributed by atoms with E-state index in [0.29, 0.717) is 5.75 Å². The fraction of sp³-hybridized carbons (Fsp3) is 0.222. The highest BCUT2D eigenvalue weighted by molar-refractivity contribution is 5.83. The van der Waals surface area contributed by atoms with Gasteiger partial charge in [-0.15, -0.1) is 0 Å². The minimum Gasteiger partial charge on any atom is -0.508 e. The van der Waals surface area contributed by atoms with Gasteiger partial charge in [-0.2, -0.15) is 0 Å². The second-order valence-electron chi connectivity index (χ2n) is 5.48. The summed E-state index contributed by atoms with van der Waals surface area (Å²) in [5.74, 6) is 0.311. The minimum atomic E-state index is 0.191. The van der Waals surface area contributed by atoms with Gasteiger partial charge in [-0.25, -0.2) is 0 Å². The first-order chi connectivity index (χ1) is 10.1. The van der Waals surface area contributed by atoms with Crippen molar-refractivity contribution in [2.75, 3.05) is 0 Å². The van der Waals surface area contributed by atoms with E-state index >= 15 is 0 Å². The van der Waals surface area contributed by atoms with E-state index in [0.717, 1.165) is 12.1 Å². The summed E-state index contributed by atoms with van der Waals surface area (Å²) in [6, 6.07) is 16.0. The normalized spacial score (nSPS) is 12.7. The van der Waals surface area contributed by atoms with Crippen molar-refractivity contribution in [2.45, 2.75) is 19.5 Å². The highest BCUT2D eigenvalue weighted by Gasteiger charge is 2.09. The van der Waals surface area contributed by atoms with Gasteiger partial charge in [0.25, 0.3) is 0 Å². The van der Waals surface area contributed by atoms with E-state index in [9.17, 15) is 5.11 Å². The highest BCUT2D eigenvalue weighted by atomic mass is 16.3. The molecule has 3 aromatic rings. The third kappa shape index (κ3) is 2.78. The number of hydrogen-bond acceptors (Lipinski definition) is 2. The zero-order valence-electron chi connectivity index (χ0n) is 12.4. The Labute approximate surface area is 124 Å². The van der Waals surface area contributed by atoms with Crippen molar-refractivity contribution < 1.29 is 5.11 Å². The van der Waals surface area contributed by atoms with Crippen LogP contribution in [0.15, 0.2) is 54.7 Å². The van der Waals surface area contributed by atoms with Crippen molar-refractivity contribution in [3.63, 3.8) is 0 Å². The number of fused-ring (bicyclic) bond motifs is 1. The predicted octanol–water partition coefficient (Wildman–Crippen LogP) is 3.73. The molecule has 21 heavy (non-hydrogen) atoms. The van der Waals surface area contributed by atoms with Crippen LogP contribution < -0.4 is 5.32 Å². The van der Waals surface area contributed by atoms with Crippen LogP contribution in [0, 0.1) is 0 Å². The number of para-hydroxylation sites is 1. The first-order valence-corrected chi connectivity index (χ1v) is 7.20. The molecule has 0 saturated carbocycles. The Morgan fingerprint density at radius 3 is 2.76 bits per heavy atom. The second kappa shape index (κ2) is 5.62. The van der Waals surface area contributed by atoms with Gasteiger partial charge in [0.15, 0.2) is 0 Å². The molecule has 0 saturated heterocycles. The number of aromatic hydroxyl groups is 1. The molecule has 0 spiro atoms. The summed E-state index contributed by atoms with van der Waals surface area (Å²) in [5, 5.41) is 14.4. The van der Waals surface area contributed by atoms with Crippen molar-refractivity contribution in [3.8, 4) is 5.75 Å². The van der Waals surface area contributed by atoms with Crippen molar-refractivity contribution in [2.24, 2.45) is 7.05 Å². The molecule has 1 aromatic heterocycles. The average molecular weight is 280 g/mol. The Bertz CT molecular complexity index is 761. The van der Waals surface area contributed by atoms with Crippen molar-refractivity contribution in [1.29, 1.82) is 0 Å². The Hall–Kier alpha value is -2.26. The molecule has 0 amide bonds. The number of nitrogens with one attached hydrogen (secondary N) is 1. The van der Waals surface area contributed by atoms with Gasteiger partial charge in [0, 0.05) is 36.7 Å². The molecule has 3 rings (SSSR count). The zero-order valence-corrected chi connectivity index (χ0v) is 12.4. The number of phenolic OH excluding ortho intramolecular Hbond substituents is 1. The molecule has 1 heterocycles. The molecule has 0 aliphatic carbocycles. The van der Waals surface area contributed by atoms with Crippen molar-refractivity contribution >= 4 is 10.9 Å². The molecule has 0 fully saturated rings. The summed E-state index contributed by atoms with van der Waals surface area (Å²) in [4.78, 5) is 0. The maximum Gasteiger partial charge on any atom is 0.115 e. The SMILES string of the molecule is CC(NCc1cn(C)c2ccccc12)c1cccc(O)c1. The van der Waals surface area contributed by atoms with Crippen LogP contribution in [0.4, 0.5) is 0 Å². The lowest BCUT2D eigenvalue weighted by molar-refractivity contribution is 0.472. The lowest BCUT2D eigenvalue weighted by Crippen LogP contribution is -2.17. The van der Waals surface area contributed by atoms with E-state index in [-0.39, 0.29) is 6.04 Å². The Morgan fingerprint density at radius 2 is 1.95 bits per heavy atom. The van der Waals surface area contributed by atoms with E-state index < -0.39 is 0 Å². The molecule has 0 bridgehead atoms. The fourth-order valence-electron chi connectivity index (χ4n) is 2.74. The number of benzene rings is 2. The molecule has 108 valence electrons. The van der Waals surface area contributed by atoms with Gasteiger partial charge in [0.2, 0.25) is 0 Å². The Morgan fingerprint density at radius 1 is 1.14 bits per heavy atom. The zero-order chi connectivity index (χ0) is 14.8. The smallest absolute Gasteiger partial charge is 0.115 e. The molecule has 2 N–H and O–H groups in total. The van der Waals surface area contributed by atoms with Gasteiger partial charge < -0.3 is 15.0 Å². The third-order valence-corrected chi connectivity index (χ3v) is 3.95. The Balaban J connectivity index is 1.77. The van der Waals surface area contributed by atoms with Gasteiger partial charge in [0.05, 0.1) is 0 Å². The molecule has 1 unspecified atom stereocenters. The van der Waals surface area contributed by atoms with Gasteiger partial charge in [0.1, 0.15) is 5.75 Å². The van der Waals surface area contributed by atoms with Crippen LogP contribution in [0.25, 0.3) is 10.9 Å². The summed E-state index contributed by atoms with van der Waals surface area (Å²) in [7, 11) is 2.07. The lowest BCUT2D eigenvalue weighted by atomic mass is 10.1. The van der Waals surface area contributed by atoms with Gasteiger partial charge >= 0.3 is 0 Å². The number of rotatable bonds is 4. The first kappa shape index (κ1) is 13.7. The number of phenols is 1. The number of aryl methyl sites for hydroxylation is 1. The summed E-state index contributed by atoms with van der Waals surface area (Å²) in [6.07, 6.45) is 2.17. The maximum atomic E-state index is 9.56. The Kier molecular flexibility index (Phi) is 3.67. The van der Waals surface area contributed by atoms with E-state index in [1.54, 1.807) is 12.1 Å². The minimum absolute atomic E-state index is 0.191. The van der Waals surface area contributed by atoms with Crippen LogP contribution in [-0.2, 0) is 13.6 Å². The van der Waals surface area contributed by atoms with E-state index in [2.05, 4.69) is 54.3 Å². The summed E-state index contributed by atoms with van der Waals surface area (Å²) in [6.45, 7) is 2.91. The van der Waals surface area contributed by atoms with Crippen LogP contribution in [0.5, 0.6) is 5.75 Å². The first-order valence-electron chi connectivity index (χ1n) is 7.20. The lowest BCUT2D eigenvalue weighted by Gasteiger charge is -2.14. The third-order valence-electron chi connectivity index (χ3n) is 3.95. The van der Waals surface area contributed by atoms with Crippen LogP contribution in [0.2, 0.25) is 0 Å². The van der Waals surface area contributed by atoms with Gasteiger partial charge in [-0.3, -0.25) is 0 Å².